The van der Waals surface area contributed by atoms with Crippen molar-refractivity contribution in [1.29, 1.82) is 0 Å². The van der Waals surface area contributed by atoms with Gasteiger partial charge in [-0.25, -0.2) is 0 Å². The zero-order chi connectivity index (χ0) is 44.0. The largest absolute Gasteiger partial charge is 0.498 e. The first-order chi connectivity index (χ1) is 31.4. The van der Waals surface area contributed by atoms with E-state index >= 15 is 0 Å². The molecule has 2 aliphatic carbocycles. The molecule has 0 radical (unpaired) electrons. The number of methoxy groups -OCH3 is 2. The third kappa shape index (κ3) is 6.61. The molecule has 14 heteroatoms. The van der Waals surface area contributed by atoms with Crippen LogP contribution in [-0.4, -0.2) is 95.5 Å². The van der Waals surface area contributed by atoms with Crippen LogP contribution in [0.15, 0.2) is 143 Å². The zero-order valence-corrected chi connectivity index (χ0v) is 35.8. The van der Waals surface area contributed by atoms with Gasteiger partial charge in [-0.2, -0.15) is 0 Å². The van der Waals surface area contributed by atoms with Crippen LogP contribution in [0.3, 0.4) is 0 Å². The number of allylic oxidation sites excluding steroid dienone is 2. The lowest BCUT2D eigenvalue weighted by Crippen LogP contribution is -2.54. The first kappa shape index (κ1) is 41.7. The minimum absolute atomic E-state index is 0.130. The van der Waals surface area contributed by atoms with Crippen LogP contribution >= 0.6 is 0 Å². The second-order valence-corrected chi connectivity index (χ2v) is 16.8. The van der Waals surface area contributed by atoms with E-state index in [9.17, 15) is 9.59 Å². The molecule has 4 aliphatic heterocycles. The molecule has 2 saturated heterocycles. The molecule has 0 N–H and O–H groups in total. The molecule has 2 aromatic carbocycles. The highest BCUT2D eigenvalue weighted by Crippen LogP contribution is 2.61. The lowest BCUT2D eigenvalue weighted by Gasteiger charge is -2.43. The molecule has 14 nitrogen and oxygen atoms in total. The molecule has 8 atom stereocenters. The summed E-state index contributed by atoms with van der Waals surface area (Å²) in [6, 6.07) is 18.6. The van der Waals surface area contributed by atoms with Gasteiger partial charge in [0.2, 0.25) is 11.6 Å². The van der Waals surface area contributed by atoms with Gasteiger partial charge in [-0.05, 0) is 46.4 Å². The maximum Gasteiger partial charge on any atom is 0.265 e. The Morgan fingerprint density at radius 2 is 1.08 bits per heavy atom. The molecule has 0 amide bonds. The van der Waals surface area contributed by atoms with E-state index in [-0.39, 0.29) is 71.7 Å². The van der Waals surface area contributed by atoms with Crippen molar-refractivity contribution in [3.05, 3.63) is 168 Å². The number of hydrogen-bond donors (Lipinski definition) is 0. The maximum atomic E-state index is 14.6. The Bertz CT molecular complexity index is 2390. The summed E-state index contributed by atoms with van der Waals surface area (Å²) >= 11 is 0. The summed E-state index contributed by atoms with van der Waals surface area (Å²) < 4.78 is 49.1. The fraction of sp³-hybridized carbons (Fsp3) is 0.360. The van der Waals surface area contributed by atoms with Crippen LogP contribution in [0.25, 0.3) is 0 Å². The van der Waals surface area contributed by atoms with Crippen LogP contribution in [-0.2, 0) is 32.2 Å². The van der Waals surface area contributed by atoms with Crippen molar-refractivity contribution < 1.29 is 47.1 Å². The molecule has 2 aromatic heterocycles. The normalized spacial score (nSPS) is 28.3. The number of Topliss-reactive ketones (excluding diaryl/α,β-unsaturated/α-hetero) is 2. The average molecular weight is 867 g/mol. The van der Waals surface area contributed by atoms with E-state index in [0.29, 0.717) is 62.1 Å². The molecular weight excluding hydrogens is 817 g/mol. The third-order valence-corrected chi connectivity index (χ3v) is 13.4. The molecule has 2 fully saturated rings. The second kappa shape index (κ2) is 17.0. The van der Waals surface area contributed by atoms with Crippen LogP contribution in [0.2, 0.25) is 0 Å². The highest BCUT2D eigenvalue weighted by molar-refractivity contribution is 6.10. The summed E-state index contributed by atoms with van der Waals surface area (Å²) in [5, 5.41) is 8.61. The van der Waals surface area contributed by atoms with Crippen LogP contribution in [0.4, 0.5) is 0 Å². The van der Waals surface area contributed by atoms with Gasteiger partial charge in [0.15, 0.2) is 22.7 Å². The van der Waals surface area contributed by atoms with Crippen LogP contribution in [0, 0.1) is 11.8 Å². The highest BCUT2D eigenvalue weighted by atomic mass is 16.6. The third-order valence-electron chi connectivity index (χ3n) is 13.4. The number of fused-ring (bicyclic) bond motifs is 4. The summed E-state index contributed by atoms with van der Waals surface area (Å²) in [5.74, 6) is 1.01. The van der Waals surface area contributed by atoms with E-state index in [4.69, 9.17) is 37.5 Å². The van der Waals surface area contributed by atoms with Crippen molar-refractivity contribution in [2.45, 2.75) is 61.5 Å². The van der Waals surface area contributed by atoms with E-state index in [1.807, 2.05) is 97.1 Å². The molecular formula is C50H50N4O10. The Morgan fingerprint density at radius 3 is 1.47 bits per heavy atom. The molecule has 64 heavy (non-hydrogen) atoms. The summed E-state index contributed by atoms with van der Waals surface area (Å²) in [6.07, 6.45) is 16.2. The van der Waals surface area contributed by atoms with Crippen LogP contribution in [0.5, 0.6) is 11.8 Å². The van der Waals surface area contributed by atoms with Crippen molar-refractivity contribution in [1.82, 2.24) is 20.1 Å². The van der Waals surface area contributed by atoms with Crippen molar-refractivity contribution >= 4 is 11.6 Å². The molecule has 2 unspecified atom stereocenters. The molecule has 10 rings (SSSR count). The zero-order valence-electron chi connectivity index (χ0n) is 35.8. The summed E-state index contributed by atoms with van der Waals surface area (Å²) in [4.78, 5) is 33.5. The van der Waals surface area contributed by atoms with E-state index in [0.717, 1.165) is 11.1 Å². The molecule has 4 bridgehead atoms. The van der Waals surface area contributed by atoms with Gasteiger partial charge in [0.1, 0.15) is 35.9 Å². The van der Waals surface area contributed by atoms with Crippen molar-refractivity contribution in [3.8, 4) is 11.8 Å². The Morgan fingerprint density at radius 1 is 0.656 bits per heavy atom. The Balaban J connectivity index is 0.899. The van der Waals surface area contributed by atoms with E-state index < -0.39 is 23.3 Å². The molecule has 4 aromatic rings. The van der Waals surface area contributed by atoms with Crippen LogP contribution in [0.1, 0.15) is 68.3 Å². The first-order valence-electron chi connectivity index (χ1n) is 21.7. The minimum Gasteiger partial charge on any atom is -0.498 e. The summed E-state index contributed by atoms with van der Waals surface area (Å²) in [6.45, 7) is 10.5. The fourth-order valence-electron chi connectivity index (χ4n) is 10.8. The lowest BCUT2D eigenvalue weighted by atomic mass is 9.67. The van der Waals surface area contributed by atoms with E-state index in [1.54, 1.807) is 14.2 Å². The van der Waals surface area contributed by atoms with E-state index in [2.05, 4.69) is 45.4 Å². The van der Waals surface area contributed by atoms with Crippen molar-refractivity contribution in [2.24, 2.45) is 11.8 Å². The predicted molar refractivity (Wildman–Crippen MR) is 232 cm³/mol. The number of carbonyl (C=O) groups excluding carboxylic acids is 2. The van der Waals surface area contributed by atoms with Gasteiger partial charge in [0.05, 0.1) is 38.5 Å². The Labute approximate surface area is 371 Å². The van der Waals surface area contributed by atoms with E-state index in [1.165, 1.54) is 0 Å². The number of ketones is 2. The SMILES string of the molecule is C=CCN(C/C=C/C=C/CN(CC=C)[C@@H]1c2onc(OCc3ccccc3)c2C(=O)[C@]23O[C@H](C=C2OC)CC13)[C@@H]1c2onc(OCc3ccccc3)c2C(=O)[C@@]23O[C@@H](C=C2OC)CC13. The van der Waals surface area contributed by atoms with Crippen LogP contribution < -0.4 is 9.47 Å². The Hall–Kier alpha value is -6.32. The Kier molecular flexibility index (Phi) is 11.1. The van der Waals surface area contributed by atoms with Gasteiger partial charge in [-0.15, -0.1) is 13.2 Å². The monoisotopic (exact) mass is 866 g/mol. The maximum absolute atomic E-state index is 14.6. The number of hydrogen-bond acceptors (Lipinski definition) is 14. The van der Waals surface area contributed by atoms with Crippen molar-refractivity contribution in [2.75, 3.05) is 40.4 Å². The quantitative estimate of drug-likeness (QED) is 0.0678. The summed E-state index contributed by atoms with van der Waals surface area (Å²) in [5.41, 5.74) is -0.244. The predicted octanol–water partition coefficient (Wildman–Crippen LogP) is 7.46. The molecule has 6 aliphatic rings. The minimum atomic E-state index is -1.32. The number of aromatic nitrogens is 2. The number of carbonyl (C=O) groups is 2. The van der Waals surface area contributed by atoms with Gasteiger partial charge in [-0.1, -0.05) is 97.1 Å². The smallest absolute Gasteiger partial charge is 0.265 e. The van der Waals surface area contributed by atoms with Gasteiger partial charge in [0.25, 0.3) is 11.8 Å². The average Bonchev–Trinajstić information content (AvgIpc) is 4.19. The van der Waals surface area contributed by atoms with Gasteiger partial charge in [-0.3, -0.25) is 19.4 Å². The topological polar surface area (TPSA) is 148 Å². The molecule has 330 valence electrons. The van der Waals surface area contributed by atoms with Gasteiger partial charge >= 0.3 is 0 Å². The number of nitrogens with zero attached hydrogens (tertiary/aromatic N) is 4. The number of rotatable bonds is 19. The fourth-order valence-corrected chi connectivity index (χ4v) is 10.8. The molecule has 0 saturated carbocycles. The number of ether oxygens (including phenoxy) is 6. The van der Waals surface area contributed by atoms with Gasteiger partial charge < -0.3 is 37.5 Å². The van der Waals surface area contributed by atoms with Gasteiger partial charge in [0, 0.05) is 38.0 Å². The lowest BCUT2D eigenvalue weighted by molar-refractivity contribution is -0.0341. The number of benzene rings is 2. The molecule has 2 spiro atoms. The molecule has 6 heterocycles. The second-order valence-electron chi connectivity index (χ2n) is 16.8. The highest BCUT2D eigenvalue weighted by Gasteiger charge is 2.70. The summed E-state index contributed by atoms with van der Waals surface area (Å²) in [7, 11) is 3.14. The van der Waals surface area contributed by atoms with Crippen molar-refractivity contribution in [3.63, 3.8) is 0 Å². The standard InChI is InChI=1S/C50H50N4O10/c1-5-21-53(41-35-25-33-27-37(57-3)49(35,61-33)45(55)39-43(41)63-51-47(39)59-29-31-17-11-9-12-18-31)23-15-7-8-16-24-54(22-6-2)42-36-26-34-28-38(58-4)50(36,62-34)46(56)40-44(42)64-52-48(40)60-30-32-19-13-10-14-20-32/h5-20,27-28,33-36,41-42H,1-2,21-26,29-30H2,3-4H3/b15-7+,16-8+/t33-,34+,35?,36?,41-,42-,49+,50-/m0/s1. The first-order valence-corrected chi connectivity index (χ1v) is 21.7.